The molecule has 1 aromatic carbocycles. The second-order valence-corrected chi connectivity index (χ2v) is 7.51. The van der Waals surface area contributed by atoms with Crippen LogP contribution in [0.15, 0.2) is 24.4 Å². The fraction of sp³-hybridized carbons (Fsp3) is 0.250. The number of hydrogen-bond donors (Lipinski definition) is 1. The van der Waals surface area contributed by atoms with Crippen LogP contribution in [0.25, 0.3) is 0 Å². The molecule has 0 bridgehead atoms. The summed E-state index contributed by atoms with van der Waals surface area (Å²) in [6.07, 6.45) is 1.54. The van der Waals surface area contributed by atoms with Crippen molar-refractivity contribution in [3.63, 3.8) is 0 Å². The molecule has 21 heavy (non-hydrogen) atoms. The number of halogens is 3. The van der Waals surface area contributed by atoms with Crippen LogP contribution in [0, 0.1) is 0 Å². The number of nitrogens with one attached hydrogen (secondary N) is 1. The largest absolute Gasteiger partial charge is 0.265 e. The first kappa shape index (κ1) is 16.4. The molecule has 9 heteroatoms. The molecule has 114 valence electrons. The van der Waals surface area contributed by atoms with Gasteiger partial charge in [-0.15, -0.1) is 0 Å². The molecule has 0 amide bonds. The maximum atomic E-state index is 11.5. The highest BCUT2D eigenvalue weighted by molar-refractivity contribution is 7.92. The first-order valence-corrected chi connectivity index (χ1v) is 8.76. The van der Waals surface area contributed by atoms with Gasteiger partial charge < -0.3 is 0 Å². The zero-order valence-corrected chi connectivity index (χ0v) is 14.1. The summed E-state index contributed by atoms with van der Waals surface area (Å²) in [6.45, 7) is 1.92. The van der Waals surface area contributed by atoms with E-state index in [9.17, 15) is 8.42 Å². The first-order valence-electron chi connectivity index (χ1n) is 5.98. The molecule has 1 N–H and O–H groups in total. The first-order chi connectivity index (χ1) is 9.80. The molecular weight excluding hydrogens is 357 g/mol. The molecule has 0 saturated heterocycles. The van der Waals surface area contributed by atoms with Crippen molar-refractivity contribution in [1.82, 2.24) is 9.78 Å². The molecule has 0 fully saturated rings. The molecule has 1 aromatic heterocycles. The van der Waals surface area contributed by atoms with E-state index in [1.54, 1.807) is 18.2 Å². The molecule has 0 aliphatic heterocycles. The summed E-state index contributed by atoms with van der Waals surface area (Å²) in [4.78, 5) is 0. The fourth-order valence-corrected chi connectivity index (χ4v) is 2.76. The number of hydrogen-bond acceptors (Lipinski definition) is 3. The summed E-state index contributed by atoms with van der Waals surface area (Å²) in [6, 6.07) is 5.21. The molecular formula is C12H12Cl3N3O2S. The zero-order chi connectivity index (χ0) is 15.6. The molecule has 0 aliphatic rings. The minimum atomic E-state index is -3.42. The van der Waals surface area contributed by atoms with Crippen molar-refractivity contribution in [1.29, 1.82) is 0 Å². The standard InChI is InChI=1S/C12H12Cl3N3O2S/c1-2-21(19,20)17-12-11(15)7-18(16-12)6-8-3-4-9(13)10(14)5-8/h3-5,7H,2,6H2,1H3,(H,16,17). The lowest BCUT2D eigenvalue weighted by molar-refractivity contribution is 0.602. The highest BCUT2D eigenvalue weighted by atomic mass is 35.5. The minimum absolute atomic E-state index is 0.0526. The van der Waals surface area contributed by atoms with E-state index < -0.39 is 10.0 Å². The van der Waals surface area contributed by atoms with Crippen molar-refractivity contribution in [3.05, 3.63) is 45.0 Å². The van der Waals surface area contributed by atoms with Gasteiger partial charge in [0.2, 0.25) is 10.0 Å². The minimum Gasteiger partial charge on any atom is -0.265 e. The van der Waals surface area contributed by atoms with E-state index in [0.717, 1.165) is 5.56 Å². The number of anilines is 1. The van der Waals surface area contributed by atoms with E-state index in [-0.39, 0.29) is 16.6 Å². The molecule has 2 aromatic rings. The molecule has 0 aliphatic carbocycles. The second-order valence-electron chi connectivity index (χ2n) is 4.28. The van der Waals surface area contributed by atoms with Gasteiger partial charge in [-0.05, 0) is 24.6 Å². The van der Waals surface area contributed by atoms with Gasteiger partial charge in [0.05, 0.1) is 22.3 Å². The highest BCUT2D eigenvalue weighted by Crippen LogP contribution is 2.24. The number of aromatic nitrogens is 2. The van der Waals surface area contributed by atoms with Gasteiger partial charge in [-0.2, -0.15) is 5.10 Å². The highest BCUT2D eigenvalue weighted by Gasteiger charge is 2.14. The second kappa shape index (κ2) is 6.44. The van der Waals surface area contributed by atoms with E-state index in [2.05, 4.69) is 9.82 Å². The third-order valence-corrected chi connectivity index (χ3v) is 4.96. The molecule has 0 saturated carbocycles. The Kier molecular flexibility index (Phi) is 5.03. The van der Waals surface area contributed by atoms with Crippen LogP contribution in [0.5, 0.6) is 0 Å². The molecule has 0 radical (unpaired) electrons. The van der Waals surface area contributed by atoms with Crippen LogP contribution in [0.4, 0.5) is 5.82 Å². The summed E-state index contributed by atoms with van der Waals surface area (Å²) in [5, 5.41) is 5.25. The molecule has 1 heterocycles. The predicted molar refractivity (Wildman–Crippen MR) is 85.9 cm³/mol. The third-order valence-electron chi connectivity index (χ3n) is 2.68. The number of nitrogens with zero attached hydrogens (tertiary/aromatic N) is 2. The summed E-state index contributed by atoms with van der Waals surface area (Å²) in [7, 11) is -3.42. The van der Waals surface area contributed by atoms with Crippen molar-refractivity contribution >= 4 is 50.6 Å². The molecule has 0 spiro atoms. The van der Waals surface area contributed by atoms with Crippen molar-refractivity contribution < 1.29 is 8.42 Å². The predicted octanol–water partition coefficient (Wildman–Crippen LogP) is 3.65. The number of rotatable bonds is 5. The van der Waals surface area contributed by atoms with E-state index >= 15 is 0 Å². The summed E-state index contributed by atoms with van der Waals surface area (Å²) >= 11 is 17.8. The van der Waals surface area contributed by atoms with E-state index in [1.165, 1.54) is 17.8 Å². The van der Waals surface area contributed by atoms with Gasteiger partial charge in [-0.1, -0.05) is 40.9 Å². The Labute approximate surface area is 137 Å². The topological polar surface area (TPSA) is 64.0 Å². The Morgan fingerprint density at radius 3 is 2.52 bits per heavy atom. The smallest absolute Gasteiger partial charge is 0.233 e. The van der Waals surface area contributed by atoms with Gasteiger partial charge in [-0.3, -0.25) is 9.40 Å². The average molecular weight is 369 g/mol. The van der Waals surface area contributed by atoms with Crippen molar-refractivity contribution in [3.8, 4) is 0 Å². The molecule has 0 atom stereocenters. The van der Waals surface area contributed by atoms with Crippen LogP contribution in [0.2, 0.25) is 15.1 Å². The van der Waals surface area contributed by atoms with Crippen LogP contribution in [0.1, 0.15) is 12.5 Å². The lowest BCUT2D eigenvalue weighted by Crippen LogP contribution is -2.15. The summed E-state index contributed by atoms with van der Waals surface area (Å²) < 4.78 is 26.9. The third kappa shape index (κ3) is 4.26. The lowest BCUT2D eigenvalue weighted by Gasteiger charge is -2.04. The van der Waals surface area contributed by atoms with Crippen LogP contribution >= 0.6 is 34.8 Å². The molecule has 5 nitrogen and oxygen atoms in total. The van der Waals surface area contributed by atoms with Crippen LogP contribution in [0.3, 0.4) is 0 Å². The van der Waals surface area contributed by atoms with Crippen molar-refractivity contribution in [2.24, 2.45) is 0 Å². The van der Waals surface area contributed by atoms with Crippen LogP contribution in [-0.4, -0.2) is 24.0 Å². The average Bonchev–Trinajstić information content (AvgIpc) is 2.73. The van der Waals surface area contributed by atoms with Gasteiger partial charge in [0.1, 0.15) is 5.02 Å². The number of benzene rings is 1. The lowest BCUT2D eigenvalue weighted by atomic mass is 10.2. The van der Waals surface area contributed by atoms with Gasteiger partial charge in [-0.25, -0.2) is 8.42 Å². The van der Waals surface area contributed by atoms with E-state index in [4.69, 9.17) is 34.8 Å². The van der Waals surface area contributed by atoms with Gasteiger partial charge >= 0.3 is 0 Å². The van der Waals surface area contributed by atoms with Crippen molar-refractivity contribution in [2.45, 2.75) is 13.5 Å². The van der Waals surface area contributed by atoms with Crippen molar-refractivity contribution in [2.75, 3.05) is 10.5 Å². The Bertz CT molecular complexity index is 759. The Morgan fingerprint density at radius 1 is 1.19 bits per heavy atom. The molecule has 0 unspecified atom stereocenters. The van der Waals surface area contributed by atoms with Gasteiger partial charge in [0.15, 0.2) is 5.82 Å². The normalized spacial score (nSPS) is 11.6. The van der Waals surface area contributed by atoms with E-state index in [0.29, 0.717) is 16.6 Å². The van der Waals surface area contributed by atoms with Crippen LogP contribution < -0.4 is 4.72 Å². The Hall–Kier alpha value is -0.950. The fourth-order valence-electron chi connectivity index (χ4n) is 1.59. The summed E-state index contributed by atoms with van der Waals surface area (Å²) in [5.41, 5.74) is 0.869. The number of sulfonamides is 1. The van der Waals surface area contributed by atoms with Gasteiger partial charge in [0.25, 0.3) is 0 Å². The van der Waals surface area contributed by atoms with Gasteiger partial charge in [0, 0.05) is 6.20 Å². The Morgan fingerprint density at radius 2 is 1.90 bits per heavy atom. The summed E-state index contributed by atoms with van der Waals surface area (Å²) in [5.74, 6) is 0.0572. The SMILES string of the molecule is CCS(=O)(=O)Nc1nn(Cc2ccc(Cl)c(Cl)c2)cc1Cl. The maximum absolute atomic E-state index is 11.5. The quantitative estimate of drug-likeness (QED) is 0.876. The monoisotopic (exact) mass is 367 g/mol. The zero-order valence-electron chi connectivity index (χ0n) is 11.0. The van der Waals surface area contributed by atoms with E-state index in [1.807, 2.05) is 0 Å². The molecule has 2 rings (SSSR count). The maximum Gasteiger partial charge on any atom is 0.233 e. The Balaban J connectivity index is 2.20. The van der Waals surface area contributed by atoms with Crippen LogP contribution in [-0.2, 0) is 16.6 Å².